The molecule has 0 saturated carbocycles. The van der Waals surface area contributed by atoms with Crippen LogP contribution in [0, 0.1) is 0 Å². The van der Waals surface area contributed by atoms with Crippen molar-refractivity contribution >= 4 is 5.91 Å². The second-order valence-corrected chi connectivity index (χ2v) is 5.31. The molecule has 3 nitrogen and oxygen atoms in total. The molecule has 0 aromatic rings. The molecule has 0 saturated heterocycles. The molecule has 16 heavy (non-hydrogen) atoms. The standard InChI is InChI=1S/C13H27NO2/c1-7-12(4,5)16-10-9-13(6,8-2)14-11(3)15/h7-10H2,1-6H3,(H,14,15). The molecule has 0 radical (unpaired) electrons. The van der Waals surface area contributed by atoms with Crippen molar-refractivity contribution in [1.82, 2.24) is 5.32 Å². The normalized spacial score (nSPS) is 15.6. The molecule has 0 aliphatic rings. The zero-order valence-electron chi connectivity index (χ0n) is 11.6. The molecule has 1 amide bonds. The van der Waals surface area contributed by atoms with Crippen molar-refractivity contribution in [2.45, 2.75) is 71.9 Å². The highest BCUT2D eigenvalue weighted by Gasteiger charge is 2.24. The topological polar surface area (TPSA) is 38.3 Å². The lowest BCUT2D eigenvalue weighted by Gasteiger charge is -2.31. The largest absolute Gasteiger partial charge is 0.375 e. The van der Waals surface area contributed by atoms with Gasteiger partial charge in [0.1, 0.15) is 0 Å². The summed E-state index contributed by atoms with van der Waals surface area (Å²) < 4.78 is 5.81. The molecular weight excluding hydrogens is 202 g/mol. The predicted octanol–water partition coefficient (Wildman–Crippen LogP) is 2.89. The van der Waals surface area contributed by atoms with Gasteiger partial charge in [0.2, 0.25) is 5.91 Å². The highest BCUT2D eigenvalue weighted by atomic mass is 16.5. The minimum Gasteiger partial charge on any atom is -0.375 e. The molecule has 96 valence electrons. The Labute approximate surface area is 99.9 Å². The van der Waals surface area contributed by atoms with E-state index in [0.29, 0.717) is 6.61 Å². The van der Waals surface area contributed by atoms with E-state index in [4.69, 9.17) is 4.74 Å². The van der Waals surface area contributed by atoms with Gasteiger partial charge >= 0.3 is 0 Å². The van der Waals surface area contributed by atoms with Crippen LogP contribution in [0.4, 0.5) is 0 Å². The second-order valence-electron chi connectivity index (χ2n) is 5.31. The Morgan fingerprint density at radius 2 is 1.75 bits per heavy atom. The van der Waals surface area contributed by atoms with Crippen molar-refractivity contribution in [2.24, 2.45) is 0 Å². The second kappa shape index (κ2) is 6.24. The van der Waals surface area contributed by atoms with Crippen molar-refractivity contribution in [2.75, 3.05) is 6.61 Å². The summed E-state index contributed by atoms with van der Waals surface area (Å²) in [6.07, 6.45) is 2.77. The van der Waals surface area contributed by atoms with E-state index in [-0.39, 0.29) is 17.0 Å². The third-order valence-corrected chi connectivity index (χ3v) is 3.26. The van der Waals surface area contributed by atoms with Crippen molar-refractivity contribution in [3.05, 3.63) is 0 Å². The summed E-state index contributed by atoms with van der Waals surface area (Å²) >= 11 is 0. The van der Waals surface area contributed by atoms with Crippen molar-refractivity contribution < 1.29 is 9.53 Å². The van der Waals surface area contributed by atoms with E-state index < -0.39 is 0 Å². The van der Waals surface area contributed by atoms with Gasteiger partial charge in [-0.3, -0.25) is 4.79 Å². The molecule has 0 aliphatic carbocycles. The molecule has 1 atom stereocenters. The number of rotatable bonds is 7. The molecule has 0 aliphatic heterocycles. The fourth-order valence-electron chi connectivity index (χ4n) is 1.41. The molecule has 0 spiro atoms. The average Bonchev–Trinajstić information content (AvgIpc) is 2.16. The predicted molar refractivity (Wildman–Crippen MR) is 67.5 cm³/mol. The van der Waals surface area contributed by atoms with Gasteiger partial charge in [-0.1, -0.05) is 13.8 Å². The van der Waals surface area contributed by atoms with E-state index in [1.54, 1.807) is 6.92 Å². The smallest absolute Gasteiger partial charge is 0.217 e. The van der Waals surface area contributed by atoms with E-state index >= 15 is 0 Å². The van der Waals surface area contributed by atoms with Crippen LogP contribution in [-0.4, -0.2) is 23.7 Å². The van der Waals surface area contributed by atoms with E-state index in [0.717, 1.165) is 19.3 Å². The van der Waals surface area contributed by atoms with Gasteiger partial charge in [0.25, 0.3) is 0 Å². The molecule has 0 rings (SSSR count). The first-order valence-electron chi connectivity index (χ1n) is 6.17. The molecule has 0 aromatic heterocycles. The highest BCUT2D eigenvalue weighted by Crippen LogP contribution is 2.18. The minimum absolute atomic E-state index is 0.0269. The quantitative estimate of drug-likeness (QED) is 0.729. The van der Waals surface area contributed by atoms with Crippen LogP contribution < -0.4 is 5.32 Å². The Kier molecular flexibility index (Phi) is 6.01. The number of ether oxygens (including phenoxy) is 1. The Hall–Kier alpha value is -0.570. The molecular formula is C13H27NO2. The van der Waals surface area contributed by atoms with Crippen LogP contribution in [0.3, 0.4) is 0 Å². The van der Waals surface area contributed by atoms with Gasteiger partial charge < -0.3 is 10.1 Å². The minimum atomic E-state index is -0.143. The molecule has 0 bridgehead atoms. The van der Waals surface area contributed by atoms with Crippen LogP contribution in [-0.2, 0) is 9.53 Å². The first-order valence-corrected chi connectivity index (χ1v) is 6.17. The number of carbonyl (C=O) groups excluding carboxylic acids is 1. The van der Waals surface area contributed by atoms with Crippen molar-refractivity contribution in [3.63, 3.8) is 0 Å². The monoisotopic (exact) mass is 229 g/mol. The Morgan fingerprint density at radius 1 is 1.19 bits per heavy atom. The van der Waals surface area contributed by atoms with Gasteiger partial charge in [0.15, 0.2) is 0 Å². The maximum Gasteiger partial charge on any atom is 0.217 e. The number of amides is 1. The number of nitrogens with one attached hydrogen (secondary N) is 1. The van der Waals surface area contributed by atoms with Gasteiger partial charge in [0.05, 0.1) is 5.60 Å². The molecule has 1 N–H and O–H groups in total. The maximum absolute atomic E-state index is 11.1. The Balaban J connectivity index is 4.10. The van der Waals surface area contributed by atoms with Crippen molar-refractivity contribution in [3.8, 4) is 0 Å². The lowest BCUT2D eigenvalue weighted by molar-refractivity contribution is -0.121. The van der Waals surface area contributed by atoms with Gasteiger partial charge in [-0.15, -0.1) is 0 Å². The summed E-state index contributed by atoms with van der Waals surface area (Å²) in [5, 5.41) is 2.99. The zero-order valence-corrected chi connectivity index (χ0v) is 11.6. The zero-order chi connectivity index (χ0) is 12.8. The maximum atomic E-state index is 11.1. The average molecular weight is 229 g/mol. The van der Waals surface area contributed by atoms with Crippen LogP contribution >= 0.6 is 0 Å². The van der Waals surface area contributed by atoms with E-state index in [9.17, 15) is 4.79 Å². The summed E-state index contributed by atoms with van der Waals surface area (Å²) in [5.41, 5.74) is -0.208. The molecule has 0 aromatic carbocycles. The van der Waals surface area contributed by atoms with E-state index in [2.05, 4.69) is 39.9 Å². The number of hydrogen-bond donors (Lipinski definition) is 1. The van der Waals surface area contributed by atoms with E-state index in [1.165, 1.54) is 0 Å². The first kappa shape index (κ1) is 15.4. The molecule has 1 unspecified atom stereocenters. The third-order valence-electron chi connectivity index (χ3n) is 3.26. The fourth-order valence-corrected chi connectivity index (χ4v) is 1.41. The van der Waals surface area contributed by atoms with Gasteiger partial charge in [-0.2, -0.15) is 0 Å². The molecule has 0 fully saturated rings. The summed E-state index contributed by atoms with van der Waals surface area (Å²) in [7, 11) is 0. The third kappa shape index (κ3) is 6.11. The van der Waals surface area contributed by atoms with Crippen LogP contribution in [0.25, 0.3) is 0 Å². The fraction of sp³-hybridized carbons (Fsp3) is 0.923. The lowest BCUT2D eigenvalue weighted by Crippen LogP contribution is -2.45. The van der Waals surface area contributed by atoms with Crippen LogP contribution in [0.5, 0.6) is 0 Å². The van der Waals surface area contributed by atoms with Gasteiger partial charge in [0, 0.05) is 19.1 Å². The van der Waals surface area contributed by atoms with Crippen LogP contribution in [0.1, 0.15) is 60.8 Å². The van der Waals surface area contributed by atoms with Crippen molar-refractivity contribution in [1.29, 1.82) is 0 Å². The summed E-state index contributed by atoms with van der Waals surface area (Å²) in [6.45, 7) is 12.7. The number of hydrogen-bond acceptors (Lipinski definition) is 2. The Morgan fingerprint density at radius 3 is 2.12 bits per heavy atom. The SMILES string of the molecule is CCC(C)(CCOC(C)(C)CC)NC(C)=O. The first-order chi connectivity index (χ1) is 7.24. The van der Waals surface area contributed by atoms with Crippen LogP contribution in [0.15, 0.2) is 0 Å². The van der Waals surface area contributed by atoms with Gasteiger partial charge in [-0.25, -0.2) is 0 Å². The van der Waals surface area contributed by atoms with Gasteiger partial charge in [-0.05, 0) is 40.0 Å². The molecule has 3 heteroatoms. The Bertz CT molecular complexity index is 226. The van der Waals surface area contributed by atoms with Crippen LogP contribution in [0.2, 0.25) is 0 Å². The summed E-state index contributed by atoms with van der Waals surface area (Å²) in [6, 6.07) is 0. The van der Waals surface area contributed by atoms with E-state index in [1.807, 2.05) is 0 Å². The highest BCUT2D eigenvalue weighted by molar-refractivity contribution is 5.73. The number of carbonyl (C=O) groups is 1. The lowest BCUT2D eigenvalue weighted by atomic mass is 9.94. The summed E-state index contributed by atoms with van der Waals surface area (Å²) in [5.74, 6) is 0.0269. The summed E-state index contributed by atoms with van der Waals surface area (Å²) in [4.78, 5) is 11.1. The molecule has 0 heterocycles.